The third kappa shape index (κ3) is 5.49. The average Bonchev–Trinajstić information content (AvgIpc) is 3.00. The average molecular weight is 341 g/mol. The van der Waals surface area contributed by atoms with Gasteiger partial charge in [-0.15, -0.1) is 0 Å². The summed E-state index contributed by atoms with van der Waals surface area (Å²) in [4.78, 5) is 23.3. The molecule has 0 unspecified atom stereocenters. The minimum atomic E-state index is -1.25. The van der Waals surface area contributed by atoms with Gasteiger partial charge in [0.2, 0.25) is 5.91 Å². The summed E-state index contributed by atoms with van der Waals surface area (Å²) in [6.07, 6.45) is 1.80. The van der Waals surface area contributed by atoms with Crippen molar-refractivity contribution in [1.82, 2.24) is 0 Å². The number of aliphatic carboxylic acids is 1. The van der Waals surface area contributed by atoms with Gasteiger partial charge in [0.15, 0.2) is 0 Å². The van der Waals surface area contributed by atoms with Crippen molar-refractivity contribution in [2.45, 2.75) is 38.3 Å². The molecule has 1 fully saturated rings. The molecule has 3 N–H and O–H groups in total. The first-order valence-corrected chi connectivity index (χ1v) is 8.05. The normalized spacial score (nSPS) is 18.6. The van der Waals surface area contributed by atoms with Gasteiger partial charge in [0.25, 0.3) is 0 Å². The number of quaternary nitrogens is 1. The van der Waals surface area contributed by atoms with Crippen LogP contribution < -0.4 is 15.7 Å². The highest BCUT2D eigenvalue weighted by molar-refractivity contribution is 6.31. The van der Waals surface area contributed by atoms with Gasteiger partial charge in [-0.1, -0.05) is 17.7 Å². The van der Waals surface area contributed by atoms with Crippen LogP contribution >= 0.6 is 11.6 Å². The summed E-state index contributed by atoms with van der Waals surface area (Å²) in [6.45, 7) is 3.07. The van der Waals surface area contributed by atoms with Crippen LogP contribution in [0.15, 0.2) is 18.2 Å². The van der Waals surface area contributed by atoms with Crippen LogP contribution in [-0.4, -0.2) is 37.2 Å². The number of carbonyl (C=O) groups excluding carboxylic acids is 2. The Morgan fingerprint density at radius 2 is 2.30 bits per heavy atom. The molecule has 0 spiro atoms. The lowest BCUT2D eigenvalue weighted by molar-refractivity contribution is -0.687. The predicted octanol–water partition coefficient (Wildman–Crippen LogP) is -0.162. The minimum absolute atomic E-state index is 0.0510. The van der Waals surface area contributed by atoms with Gasteiger partial charge < -0.3 is 25.3 Å². The molecular weight excluding hydrogens is 320 g/mol. The van der Waals surface area contributed by atoms with Gasteiger partial charge in [-0.3, -0.25) is 4.79 Å². The topological polar surface area (TPSA) is 95.1 Å². The fraction of sp³-hybridized carbons (Fsp3) is 0.500. The molecule has 1 aromatic rings. The number of halogens is 1. The summed E-state index contributed by atoms with van der Waals surface area (Å²) in [5, 5.41) is 16.0. The molecule has 1 heterocycles. The van der Waals surface area contributed by atoms with Crippen LogP contribution in [0.25, 0.3) is 0 Å². The summed E-state index contributed by atoms with van der Waals surface area (Å²) in [6, 6.07) is 4.22. The Hall–Kier alpha value is -1.63. The summed E-state index contributed by atoms with van der Waals surface area (Å²) in [5.41, 5.74) is 1.44. The number of carbonyl (C=O) groups is 2. The monoisotopic (exact) mass is 340 g/mol. The van der Waals surface area contributed by atoms with E-state index in [4.69, 9.17) is 16.3 Å². The molecule has 1 aliphatic rings. The first-order chi connectivity index (χ1) is 11.0. The number of carboxylic acids is 1. The van der Waals surface area contributed by atoms with Crippen LogP contribution in [0, 0.1) is 6.92 Å². The smallest absolute Gasteiger partial charge is 0.230 e. The van der Waals surface area contributed by atoms with Gasteiger partial charge >= 0.3 is 0 Å². The number of hydrogen-bond acceptors (Lipinski definition) is 4. The molecule has 0 radical (unpaired) electrons. The first-order valence-electron chi connectivity index (χ1n) is 7.67. The highest BCUT2D eigenvalue weighted by Crippen LogP contribution is 2.20. The number of carboxylic acid groups (broad SMARTS) is 1. The number of rotatable bonds is 7. The third-order valence-corrected chi connectivity index (χ3v) is 4.12. The lowest BCUT2D eigenvalue weighted by atomic mass is 10.1. The van der Waals surface area contributed by atoms with E-state index in [-0.39, 0.29) is 18.4 Å². The summed E-state index contributed by atoms with van der Waals surface area (Å²) < 4.78 is 5.45. The van der Waals surface area contributed by atoms with Crippen LogP contribution in [0.2, 0.25) is 5.02 Å². The molecule has 0 saturated carbocycles. The van der Waals surface area contributed by atoms with Crippen molar-refractivity contribution in [1.29, 1.82) is 0 Å². The largest absolute Gasteiger partial charge is 0.544 e. The second kappa shape index (κ2) is 8.29. The maximum absolute atomic E-state index is 12.1. The first kappa shape index (κ1) is 17.7. The van der Waals surface area contributed by atoms with E-state index in [0.717, 1.165) is 18.4 Å². The van der Waals surface area contributed by atoms with Crippen LogP contribution in [-0.2, 0) is 14.3 Å². The van der Waals surface area contributed by atoms with Crippen molar-refractivity contribution < 1.29 is 24.7 Å². The maximum atomic E-state index is 12.1. The summed E-state index contributed by atoms with van der Waals surface area (Å²) in [5.74, 6) is -1.63. The van der Waals surface area contributed by atoms with E-state index in [1.807, 2.05) is 6.92 Å². The number of amides is 1. The predicted molar refractivity (Wildman–Crippen MR) is 84.0 cm³/mol. The molecule has 1 saturated heterocycles. The highest BCUT2D eigenvalue weighted by atomic mass is 35.5. The standard InChI is InChI=1S/C16H21ClN2O4/c1-10-4-5-11(17)7-13(10)19-15(20)8-14(16(21)22)18-9-12-3-2-6-23-12/h4-5,7,12,14,18H,2-3,6,8-9H2,1H3,(H,19,20)(H,21,22)/t12-,14+/m1/s1. The van der Waals surface area contributed by atoms with E-state index in [2.05, 4.69) is 5.32 Å². The number of nitrogens with two attached hydrogens (primary N) is 1. The van der Waals surface area contributed by atoms with Gasteiger partial charge in [-0.2, -0.15) is 0 Å². The minimum Gasteiger partial charge on any atom is -0.544 e. The lowest BCUT2D eigenvalue weighted by Crippen LogP contribution is -2.94. The molecule has 0 aliphatic carbocycles. The Balaban J connectivity index is 1.89. The van der Waals surface area contributed by atoms with Crippen molar-refractivity contribution in [3.63, 3.8) is 0 Å². The van der Waals surface area contributed by atoms with Crippen molar-refractivity contribution in [3.8, 4) is 0 Å². The number of hydrogen-bond donors (Lipinski definition) is 2. The molecule has 7 heteroatoms. The Kier molecular flexibility index (Phi) is 6.38. The number of anilines is 1. The number of aryl methyl sites for hydroxylation is 1. The molecule has 0 aromatic heterocycles. The van der Waals surface area contributed by atoms with Crippen molar-refractivity contribution in [2.75, 3.05) is 18.5 Å². The third-order valence-electron chi connectivity index (χ3n) is 3.89. The zero-order chi connectivity index (χ0) is 16.8. The Morgan fingerprint density at radius 1 is 1.52 bits per heavy atom. The molecule has 1 aromatic carbocycles. The van der Waals surface area contributed by atoms with E-state index in [1.54, 1.807) is 23.5 Å². The lowest BCUT2D eigenvalue weighted by Gasteiger charge is -2.18. The molecule has 2 atom stereocenters. The second-order valence-corrected chi connectivity index (χ2v) is 6.18. The second-order valence-electron chi connectivity index (χ2n) is 5.74. The fourth-order valence-electron chi connectivity index (χ4n) is 2.54. The Morgan fingerprint density at radius 3 is 2.96 bits per heavy atom. The molecule has 0 bridgehead atoms. The van der Waals surface area contributed by atoms with Gasteiger partial charge in [-0.25, -0.2) is 0 Å². The van der Waals surface area contributed by atoms with Crippen molar-refractivity contribution in [3.05, 3.63) is 28.8 Å². The van der Waals surface area contributed by atoms with Crippen molar-refractivity contribution in [2.24, 2.45) is 0 Å². The zero-order valence-corrected chi connectivity index (χ0v) is 13.8. The van der Waals surface area contributed by atoms with E-state index in [1.165, 1.54) is 0 Å². The van der Waals surface area contributed by atoms with E-state index in [0.29, 0.717) is 23.9 Å². The Labute approximate surface area is 140 Å². The molecule has 1 aliphatic heterocycles. The van der Waals surface area contributed by atoms with Gasteiger partial charge in [0, 0.05) is 17.3 Å². The highest BCUT2D eigenvalue weighted by Gasteiger charge is 2.23. The maximum Gasteiger partial charge on any atom is 0.230 e. The summed E-state index contributed by atoms with van der Waals surface area (Å²) in [7, 11) is 0. The van der Waals surface area contributed by atoms with Crippen LogP contribution in [0.1, 0.15) is 24.8 Å². The van der Waals surface area contributed by atoms with Gasteiger partial charge in [0.1, 0.15) is 18.7 Å². The Bertz CT molecular complexity index is 573. The molecule has 126 valence electrons. The number of ether oxygens (including phenoxy) is 1. The molecule has 6 nitrogen and oxygen atoms in total. The molecule has 2 rings (SSSR count). The van der Waals surface area contributed by atoms with Crippen LogP contribution in [0.3, 0.4) is 0 Å². The quantitative estimate of drug-likeness (QED) is 0.721. The fourth-order valence-corrected chi connectivity index (χ4v) is 2.71. The van der Waals surface area contributed by atoms with E-state index >= 15 is 0 Å². The zero-order valence-electron chi connectivity index (χ0n) is 13.0. The SMILES string of the molecule is Cc1ccc(Cl)cc1NC(=O)C[C@H]([NH2+]C[C@H]1CCCO1)C(=O)[O-]. The number of benzene rings is 1. The molecule has 23 heavy (non-hydrogen) atoms. The van der Waals surface area contributed by atoms with E-state index in [9.17, 15) is 14.7 Å². The summed E-state index contributed by atoms with van der Waals surface area (Å²) >= 11 is 5.90. The van der Waals surface area contributed by atoms with Crippen LogP contribution in [0.4, 0.5) is 5.69 Å². The van der Waals surface area contributed by atoms with Crippen LogP contribution in [0.5, 0.6) is 0 Å². The number of nitrogens with one attached hydrogen (secondary N) is 1. The molecule has 1 amide bonds. The van der Waals surface area contributed by atoms with Crippen molar-refractivity contribution >= 4 is 29.2 Å². The van der Waals surface area contributed by atoms with Gasteiger partial charge in [0.05, 0.1) is 12.4 Å². The van der Waals surface area contributed by atoms with Gasteiger partial charge in [-0.05, 0) is 37.5 Å². The van der Waals surface area contributed by atoms with E-state index < -0.39 is 12.0 Å². The molecular formula is C16H21ClN2O4.